The fourth-order valence-electron chi connectivity index (χ4n) is 1.25. The number of halogens is 4. The van der Waals surface area contributed by atoms with E-state index in [1.807, 2.05) is 18.3 Å². The highest BCUT2D eigenvalue weighted by atomic mass is 79.9. The second-order valence-corrected chi connectivity index (χ2v) is 9.40. The van der Waals surface area contributed by atoms with Gasteiger partial charge in [0.15, 0.2) is 0 Å². The van der Waals surface area contributed by atoms with Crippen molar-refractivity contribution in [3.05, 3.63) is 32.7 Å². The molecule has 0 aliphatic carbocycles. The average Bonchev–Trinajstić information content (AvgIpc) is 2.61. The van der Waals surface area contributed by atoms with Crippen molar-refractivity contribution < 1.29 is 0 Å². The molecule has 0 radical (unpaired) electrons. The number of rotatable bonds is 2. The summed E-state index contributed by atoms with van der Waals surface area (Å²) in [5.41, 5.74) is 2.17. The summed E-state index contributed by atoms with van der Waals surface area (Å²) < 4.78 is 2.23. The molecule has 0 saturated heterocycles. The third-order valence-corrected chi connectivity index (χ3v) is 5.06. The van der Waals surface area contributed by atoms with Crippen molar-refractivity contribution in [3.63, 3.8) is 0 Å². The minimum Gasteiger partial charge on any atom is -0.254 e. The van der Waals surface area contributed by atoms with Gasteiger partial charge in [-0.15, -0.1) is 42.9 Å². The van der Waals surface area contributed by atoms with Crippen LogP contribution in [0.5, 0.6) is 0 Å². The van der Waals surface area contributed by atoms with Crippen LogP contribution in [0.25, 0.3) is 10.6 Å². The molecule has 0 fully saturated rings. The van der Waals surface area contributed by atoms with E-state index in [0.717, 1.165) is 18.8 Å². The van der Waals surface area contributed by atoms with Crippen molar-refractivity contribution in [3.8, 4) is 10.6 Å². The molecular formula is C9H4BBr4NS. The van der Waals surface area contributed by atoms with E-state index in [-0.39, 0.29) is 4.36 Å². The van der Waals surface area contributed by atoms with Crippen LogP contribution >= 0.6 is 74.7 Å². The Morgan fingerprint density at radius 2 is 1.94 bits per heavy atom. The fraction of sp³-hybridized carbons (Fsp3) is 0. The van der Waals surface area contributed by atoms with Crippen LogP contribution in [0.1, 0.15) is 0 Å². The Labute approximate surface area is 131 Å². The van der Waals surface area contributed by atoms with Gasteiger partial charge in [-0.2, -0.15) is 0 Å². The predicted molar refractivity (Wildman–Crippen MR) is 86.2 cm³/mol. The Balaban J connectivity index is 2.50. The van der Waals surface area contributed by atoms with Crippen molar-refractivity contribution in [2.45, 2.75) is 0 Å². The number of pyridine rings is 1. The average molecular weight is 489 g/mol. The Morgan fingerprint density at radius 3 is 2.50 bits per heavy atom. The van der Waals surface area contributed by atoms with Gasteiger partial charge in [0.25, 0.3) is 0 Å². The highest BCUT2D eigenvalue weighted by molar-refractivity contribution is 9.49. The topological polar surface area (TPSA) is 12.9 Å². The zero-order valence-corrected chi connectivity index (χ0v) is 14.9. The molecule has 16 heavy (non-hydrogen) atoms. The van der Waals surface area contributed by atoms with Gasteiger partial charge in [0.05, 0.1) is 14.4 Å². The van der Waals surface area contributed by atoms with Gasteiger partial charge < -0.3 is 0 Å². The largest absolute Gasteiger partial charge is 0.331 e. The van der Waals surface area contributed by atoms with Gasteiger partial charge in [0, 0.05) is 10.7 Å². The Morgan fingerprint density at radius 1 is 1.19 bits per heavy atom. The lowest BCUT2D eigenvalue weighted by Gasteiger charge is -2.01. The third-order valence-electron chi connectivity index (χ3n) is 1.93. The molecule has 2 aromatic rings. The van der Waals surface area contributed by atoms with E-state index in [2.05, 4.69) is 74.4 Å². The van der Waals surface area contributed by atoms with Crippen LogP contribution < -0.4 is 5.46 Å². The normalized spacial score (nSPS) is 10.5. The smallest absolute Gasteiger partial charge is 0.254 e. The molecule has 0 aromatic carbocycles. The summed E-state index contributed by atoms with van der Waals surface area (Å²) in [4.78, 5) is 5.57. The minimum absolute atomic E-state index is 0.142. The second kappa shape index (κ2) is 5.65. The lowest BCUT2D eigenvalue weighted by atomic mass is 9.95. The van der Waals surface area contributed by atoms with Gasteiger partial charge in [0.1, 0.15) is 0 Å². The third kappa shape index (κ3) is 2.99. The predicted octanol–water partition coefficient (Wildman–Crippen LogP) is 4.82. The quantitative estimate of drug-likeness (QED) is 0.553. The first kappa shape index (κ1) is 13.3. The molecule has 0 spiro atoms. The molecule has 0 unspecified atom stereocenters. The SMILES string of the molecule is BrB(Br)c1cc(Br)sc1-c1ccc(Br)cn1. The van der Waals surface area contributed by atoms with E-state index < -0.39 is 0 Å². The van der Waals surface area contributed by atoms with Crippen LogP contribution in [-0.4, -0.2) is 9.34 Å². The van der Waals surface area contributed by atoms with Crippen molar-refractivity contribution in [2.75, 3.05) is 0 Å². The molecule has 2 heterocycles. The Hall–Kier alpha value is 0.835. The molecular weight excluding hydrogens is 485 g/mol. The molecule has 0 bridgehead atoms. The first-order chi connectivity index (χ1) is 7.58. The van der Waals surface area contributed by atoms with Crippen LogP contribution in [0, 0.1) is 0 Å². The van der Waals surface area contributed by atoms with E-state index in [4.69, 9.17) is 0 Å². The Bertz CT molecular complexity index is 497. The highest BCUT2D eigenvalue weighted by Gasteiger charge is 2.18. The van der Waals surface area contributed by atoms with E-state index in [9.17, 15) is 0 Å². The lowest BCUT2D eigenvalue weighted by molar-refractivity contribution is 1.32. The standard InChI is InChI=1S/C9H4BBr4NS/c11-5-1-2-7(15-4-5)9-6(10(13)14)3-8(12)16-9/h1-4H. The number of thiophene rings is 1. The molecule has 82 valence electrons. The molecule has 0 N–H and O–H groups in total. The van der Waals surface area contributed by atoms with Crippen LogP contribution in [0.2, 0.25) is 0 Å². The molecule has 7 heteroatoms. The fourth-order valence-corrected chi connectivity index (χ4v) is 4.14. The summed E-state index contributed by atoms with van der Waals surface area (Å²) in [5.74, 6) is 0. The zero-order chi connectivity index (χ0) is 11.7. The van der Waals surface area contributed by atoms with Gasteiger partial charge in [-0.1, -0.05) is 0 Å². The first-order valence-corrected chi connectivity index (χ1v) is 8.50. The number of nitrogens with zero attached hydrogens (tertiary/aromatic N) is 1. The van der Waals surface area contributed by atoms with E-state index in [1.165, 1.54) is 5.46 Å². The number of hydrogen-bond acceptors (Lipinski definition) is 2. The van der Waals surface area contributed by atoms with Crippen LogP contribution in [0.15, 0.2) is 32.7 Å². The summed E-state index contributed by atoms with van der Waals surface area (Å²) in [5, 5.41) is 0. The van der Waals surface area contributed by atoms with Crippen molar-refractivity contribution in [1.82, 2.24) is 4.98 Å². The van der Waals surface area contributed by atoms with Crippen molar-refractivity contribution in [1.29, 1.82) is 0 Å². The Kier molecular flexibility index (Phi) is 4.69. The first-order valence-electron chi connectivity index (χ1n) is 4.27. The molecule has 0 amide bonds. The molecule has 0 aliphatic heterocycles. The van der Waals surface area contributed by atoms with Gasteiger partial charge in [-0.25, -0.2) is 0 Å². The van der Waals surface area contributed by atoms with Crippen LogP contribution in [-0.2, 0) is 0 Å². The van der Waals surface area contributed by atoms with Gasteiger partial charge in [-0.05, 0) is 55.5 Å². The summed E-state index contributed by atoms with van der Waals surface area (Å²) >= 11 is 15.6. The molecule has 0 saturated carbocycles. The summed E-state index contributed by atoms with van der Waals surface area (Å²) in [6.07, 6.45) is 1.81. The van der Waals surface area contributed by atoms with Crippen LogP contribution in [0.3, 0.4) is 0 Å². The lowest BCUT2D eigenvalue weighted by Crippen LogP contribution is -2.16. The molecule has 2 aromatic heterocycles. The van der Waals surface area contributed by atoms with E-state index in [1.54, 1.807) is 11.3 Å². The molecule has 0 aliphatic rings. The van der Waals surface area contributed by atoms with Gasteiger partial charge in [-0.3, -0.25) is 4.98 Å². The maximum Gasteiger partial charge on any atom is 0.331 e. The van der Waals surface area contributed by atoms with Gasteiger partial charge in [0.2, 0.25) is 0 Å². The van der Waals surface area contributed by atoms with Crippen LogP contribution in [0.4, 0.5) is 0 Å². The number of hydrogen-bond donors (Lipinski definition) is 0. The summed E-state index contributed by atoms with van der Waals surface area (Å²) in [6, 6.07) is 6.10. The van der Waals surface area contributed by atoms with E-state index in [0.29, 0.717) is 0 Å². The molecule has 0 atom stereocenters. The van der Waals surface area contributed by atoms with Crippen molar-refractivity contribution >= 4 is 84.5 Å². The zero-order valence-electron chi connectivity index (χ0n) is 7.75. The maximum absolute atomic E-state index is 4.41. The molecule has 1 nitrogen and oxygen atoms in total. The van der Waals surface area contributed by atoms with Crippen molar-refractivity contribution in [2.24, 2.45) is 0 Å². The minimum atomic E-state index is 0.142. The number of aromatic nitrogens is 1. The summed E-state index contributed by atoms with van der Waals surface area (Å²) in [7, 11) is 0. The van der Waals surface area contributed by atoms with Gasteiger partial charge >= 0.3 is 4.36 Å². The molecule has 2 rings (SSSR count). The summed E-state index contributed by atoms with van der Waals surface area (Å²) in [6.45, 7) is 0. The maximum atomic E-state index is 4.41. The second-order valence-electron chi connectivity index (χ2n) is 3.00. The highest BCUT2D eigenvalue weighted by Crippen LogP contribution is 2.30. The van der Waals surface area contributed by atoms with E-state index >= 15 is 0 Å². The monoisotopic (exact) mass is 485 g/mol.